The summed E-state index contributed by atoms with van der Waals surface area (Å²) in [5.74, 6) is 0.837. The minimum absolute atomic E-state index is 0.0789. The van der Waals surface area contributed by atoms with E-state index in [1.807, 2.05) is 43.3 Å². The molecule has 104 valence electrons. The molecule has 0 spiro atoms. The molecule has 2 atom stereocenters. The van der Waals surface area contributed by atoms with Crippen molar-refractivity contribution in [1.82, 2.24) is 0 Å². The van der Waals surface area contributed by atoms with E-state index < -0.39 is 0 Å². The first kappa shape index (κ1) is 13.2. The summed E-state index contributed by atoms with van der Waals surface area (Å²) < 4.78 is 16.7. The molecule has 0 saturated carbocycles. The van der Waals surface area contributed by atoms with Crippen LogP contribution in [0.1, 0.15) is 30.3 Å². The van der Waals surface area contributed by atoms with Crippen LogP contribution >= 0.6 is 0 Å². The molecule has 20 heavy (non-hydrogen) atoms. The van der Waals surface area contributed by atoms with E-state index in [-0.39, 0.29) is 19.0 Å². The van der Waals surface area contributed by atoms with Crippen LogP contribution in [0.3, 0.4) is 0 Å². The minimum Gasteiger partial charge on any atom is -0.467 e. The molecular formula is C17H18O3. The molecule has 2 aromatic rings. The molecule has 0 aliphatic carbocycles. The number of hydrogen-bond donors (Lipinski definition) is 0. The van der Waals surface area contributed by atoms with Gasteiger partial charge in [-0.1, -0.05) is 48.5 Å². The van der Waals surface area contributed by atoms with Gasteiger partial charge in [-0.15, -0.1) is 0 Å². The number of hydrogen-bond acceptors (Lipinski definition) is 3. The lowest BCUT2D eigenvalue weighted by atomic mass is 10.0. The van der Waals surface area contributed by atoms with Crippen molar-refractivity contribution in [2.45, 2.75) is 19.1 Å². The first-order valence-electron chi connectivity index (χ1n) is 6.90. The zero-order chi connectivity index (χ0) is 13.8. The number of ether oxygens (including phenoxy) is 3. The number of benzene rings is 2. The number of rotatable bonds is 6. The molecule has 1 aliphatic rings. The van der Waals surface area contributed by atoms with E-state index >= 15 is 0 Å². The van der Waals surface area contributed by atoms with E-state index in [0.717, 1.165) is 11.3 Å². The van der Waals surface area contributed by atoms with Crippen LogP contribution in [0.2, 0.25) is 0 Å². The van der Waals surface area contributed by atoms with Crippen LogP contribution in [0.4, 0.5) is 0 Å². The highest BCUT2D eigenvalue weighted by Crippen LogP contribution is 2.53. The van der Waals surface area contributed by atoms with E-state index in [2.05, 4.69) is 18.2 Å². The molecule has 0 amide bonds. The highest BCUT2D eigenvalue weighted by atomic mass is 16.7. The van der Waals surface area contributed by atoms with Crippen molar-refractivity contribution in [3.8, 4) is 5.75 Å². The Labute approximate surface area is 119 Å². The molecule has 0 N–H and O–H groups in total. The van der Waals surface area contributed by atoms with Crippen LogP contribution in [0.25, 0.3) is 0 Å². The van der Waals surface area contributed by atoms with E-state index in [4.69, 9.17) is 14.2 Å². The maximum atomic E-state index is 5.82. The van der Waals surface area contributed by atoms with Crippen LogP contribution in [-0.4, -0.2) is 13.4 Å². The summed E-state index contributed by atoms with van der Waals surface area (Å²) in [6.07, 6.45) is 0.211. The van der Waals surface area contributed by atoms with Gasteiger partial charge in [0.15, 0.2) is 6.79 Å². The van der Waals surface area contributed by atoms with E-state index in [1.54, 1.807) is 0 Å². The average molecular weight is 270 g/mol. The van der Waals surface area contributed by atoms with Gasteiger partial charge in [-0.3, -0.25) is 0 Å². The molecule has 0 aromatic heterocycles. The SMILES string of the molecule is CCOCOc1ccccc1[C@H]1O[C@@H]1c1ccccc1. The molecule has 3 rings (SSSR count). The van der Waals surface area contributed by atoms with Crippen molar-refractivity contribution >= 4 is 0 Å². The third-order valence-electron chi connectivity index (χ3n) is 3.35. The summed E-state index contributed by atoms with van der Waals surface area (Å²) in [6.45, 7) is 2.87. The minimum atomic E-state index is 0.0789. The van der Waals surface area contributed by atoms with Gasteiger partial charge in [0.2, 0.25) is 0 Å². The van der Waals surface area contributed by atoms with Gasteiger partial charge >= 0.3 is 0 Å². The van der Waals surface area contributed by atoms with Gasteiger partial charge in [-0.05, 0) is 18.6 Å². The normalized spacial score (nSPS) is 20.6. The molecule has 0 bridgehead atoms. The van der Waals surface area contributed by atoms with Crippen molar-refractivity contribution < 1.29 is 14.2 Å². The second-order valence-electron chi connectivity index (χ2n) is 4.68. The van der Waals surface area contributed by atoms with Gasteiger partial charge in [0.05, 0.1) is 0 Å². The Balaban J connectivity index is 1.72. The van der Waals surface area contributed by atoms with Gasteiger partial charge in [0.1, 0.15) is 18.0 Å². The quantitative estimate of drug-likeness (QED) is 0.453. The van der Waals surface area contributed by atoms with Crippen molar-refractivity contribution in [3.63, 3.8) is 0 Å². The van der Waals surface area contributed by atoms with Crippen LogP contribution in [0, 0.1) is 0 Å². The second kappa shape index (κ2) is 6.07. The number of epoxide rings is 1. The Morgan fingerprint density at radius 2 is 1.70 bits per heavy atom. The van der Waals surface area contributed by atoms with E-state index in [0.29, 0.717) is 6.61 Å². The highest BCUT2D eigenvalue weighted by Gasteiger charge is 2.42. The van der Waals surface area contributed by atoms with Crippen LogP contribution in [0.15, 0.2) is 54.6 Å². The Hall–Kier alpha value is -1.84. The zero-order valence-corrected chi connectivity index (χ0v) is 11.5. The largest absolute Gasteiger partial charge is 0.467 e. The zero-order valence-electron chi connectivity index (χ0n) is 11.5. The standard InChI is InChI=1S/C17H18O3/c1-2-18-12-19-15-11-7-6-10-14(15)17-16(20-17)13-8-4-3-5-9-13/h3-11,16-17H,2,12H2,1H3/t16-,17-/m1/s1. The monoisotopic (exact) mass is 270 g/mol. The second-order valence-corrected chi connectivity index (χ2v) is 4.68. The molecule has 0 radical (unpaired) electrons. The lowest BCUT2D eigenvalue weighted by Crippen LogP contribution is -2.03. The molecule has 0 unspecified atom stereocenters. The third-order valence-corrected chi connectivity index (χ3v) is 3.35. The van der Waals surface area contributed by atoms with E-state index in [9.17, 15) is 0 Å². The maximum Gasteiger partial charge on any atom is 0.189 e. The van der Waals surface area contributed by atoms with Crippen molar-refractivity contribution in [2.24, 2.45) is 0 Å². The fourth-order valence-electron chi connectivity index (χ4n) is 2.28. The summed E-state index contributed by atoms with van der Waals surface area (Å²) in [5, 5.41) is 0. The molecule has 3 heteroatoms. The van der Waals surface area contributed by atoms with Crippen LogP contribution < -0.4 is 4.74 Å². The molecule has 1 heterocycles. The van der Waals surface area contributed by atoms with Gasteiger partial charge < -0.3 is 14.2 Å². The van der Waals surface area contributed by atoms with Gasteiger partial charge in [-0.25, -0.2) is 0 Å². The summed E-state index contributed by atoms with van der Waals surface area (Å²) in [6, 6.07) is 18.2. The first-order chi connectivity index (χ1) is 9.90. The van der Waals surface area contributed by atoms with Gasteiger partial charge in [0, 0.05) is 12.2 Å². The fraction of sp³-hybridized carbons (Fsp3) is 0.294. The molecule has 3 nitrogen and oxygen atoms in total. The lowest BCUT2D eigenvalue weighted by molar-refractivity contribution is 0.0216. The smallest absolute Gasteiger partial charge is 0.189 e. The van der Waals surface area contributed by atoms with Gasteiger partial charge in [-0.2, -0.15) is 0 Å². The fourth-order valence-corrected chi connectivity index (χ4v) is 2.28. The predicted octanol–water partition coefficient (Wildman–Crippen LogP) is 3.87. The van der Waals surface area contributed by atoms with Gasteiger partial charge in [0.25, 0.3) is 0 Å². The van der Waals surface area contributed by atoms with Crippen molar-refractivity contribution in [3.05, 3.63) is 65.7 Å². The summed E-state index contributed by atoms with van der Waals surface area (Å²) in [7, 11) is 0. The Morgan fingerprint density at radius 3 is 2.50 bits per heavy atom. The molecule has 1 saturated heterocycles. The summed E-state index contributed by atoms with van der Waals surface area (Å²) in [4.78, 5) is 0. The highest BCUT2D eigenvalue weighted by molar-refractivity contribution is 5.40. The molecule has 1 aliphatic heterocycles. The van der Waals surface area contributed by atoms with Crippen molar-refractivity contribution in [1.29, 1.82) is 0 Å². The molecule has 1 fully saturated rings. The van der Waals surface area contributed by atoms with Crippen molar-refractivity contribution in [2.75, 3.05) is 13.4 Å². The Bertz CT molecular complexity index is 553. The summed E-state index contributed by atoms with van der Waals surface area (Å²) in [5.41, 5.74) is 2.29. The molecule has 2 aromatic carbocycles. The first-order valence-corrected chi connectivity index (χ1v) is 6.90. The Morgan fingerprint density at radius 1 is 0.950 bits per heavy atom. The topological polar surface area (TPSA) is 31.0 Å². The predicted molar refractivity (Wildman–Crippen MR) is 76.6 cm³/mol. The third kappa shape index (κ3) is 2.84. The Kier molecular flexibility index (Phi) is 4.00. The van der Waals surface area contributed by atoms with Crippen LogP contribution in [0.5, 0.6) is 5.75 Å². The van der Waals surface area contributed by atoms with E-state index in [1.165, 1.54) is 5.56 Å². The average Bonchev–Trinajstić information content (AvgIpc) is 3.29. The van der Waals surface area contributed by atoms with Crippen LogP contribution in [-0.2, 0) is 9.47 Å². The lowest BCUT2D eigenvalue weighted by Gasteiger charge is -2.09. The maximum absolute atomic E-state index is 5.82. The molecular weight excluding hydrogens is 252 g/mol. The summed E-state index contributed by atoms with van der Waals surface area (Å²) >= 11 is 0. The number of para-hydroxylation sites is 1.